The van der Waals surface area contributed by atoms with E-state index >= 15 is 0 Å². The number of carbonyl (C=O) groups excluding carboxylic acids is 2. The number of esters is 1. The quantitative estimate of drug-likeness (QED) is 0.567. The van der Waals surface area contributed by atoms with E-state index in [0.717, 1.165) is 5.56 Å². The molecule has 0 radical (unpaired) electrons. The molecule has 7 nitrogen and oxygen atoms in total. The van der Waals surface area contributed by atoms with Gasteiger partial charge in [0.05, 0.1) is 11.9 Å². The molecule has 0 fully saturated rings. The molecule has 0 aliphatic carbocycles. The smallest absolute Gasteiger partial charge is 0.419 e. The van der Waals surface area contributed by atoms with Gasteiger partial charge in [-0.2, -0.15) is 0 Å². The van der Waals surface area contributed by atoms with Crippen LogP contribution in [0, 0.1) is 0 Å². The van der Waals surface area contributed by atoms with Crippen LogP contribution in [0.25, 0.3) is 11.1 Å². The van der Waals surface area contributed by atoms with Gasteiger partial charge in [-0.25, -0.2) is 4.79 Å². The van der Waals surface area contributed by atoms with Crippen LogP contribution in [-0.4, -0.2) is 35.0 Å². The zero-order valence-electron chi connectivity index (χ0n) is 15.3. The van der Waals surface area contributed by atoms with Crippen LogP contribution in [0.5, 0.6) is 0 Å². The lowest BCUT2D eigenvalue weighted by Gasteiger charge is -2.17. The second-order valence-corrected chi connectivity index (χ2v) is 6.71. The van der Waals surface area contributed by atoms with E-state index in [1.165, 1.54) is 9.47 Å². The summed E-state index contributed by atoms with van der Waals surface area (Å²) >= 11 is 5.84. The van der Waals surface area contributed by atoms with Crippen molar-refractivity contribution in [2.24, 2.45) is 0 Å². The van der Waals surface area contributed by atoms with E-state index < -0.39 is 11.7 Å². The number of nitrogens with zero attached hydrogens (tertiary/aromatic N) is 2. The van der Waals surface area contributed by atoms with E-state index in [1.807, 2.05) is 12.1 Å². The molecule has 0 atom stereocenters. The third kappa shape index (κ3) is 4.80. The molecule has 3 rings (SSSR count). The number of para-hydroxylation sites is 2. The van der Waals surface area contributed by atoms with Gasteiger partial charge in [-0.15, -0.1) is 0 Å². The number of aromatic nitrogens is 1. The molecule has 1 aromatic heterocycles. The van der Waals surface area contributed by atoms with Crippen molar-refractivity contribution in [3.63, 3.8) is 0 Å². The number of ether oxygens (including phenoxy) is 1. The number of likely N-dealkylation sites (N-methyl/N-ethyl adjacent to an activating group) is 1. The van der Waals surface area contributed by atoms with Gasteiger partial charge < -0.3 is 14.1 Å². The first kappa shape index (κ1) is 19.7. The van der Waals surface area contributed by atoms with E-state index in [-0.39, 0.29) is 25.5 Å². The van der Waals surface area contributed by atoms with E-state index in [0.29, 0.717) is 22.7 Å². The lowest BCUT2D eigenvalue weighted by molar-refractivity contribution is -0.151. The van der Waals surface area contributed by atoms with Crippen molar-refractivity contribution < 1.29 is 18.7 Å². The number of hydrogen-bond acceptors (Lipinski definition) is 5. The third-order valence-corrected chi connectivity index (χ3v) is 4.48. The summed E-state index contributed by atoms with van der Waals surface area (Å²) in [5, 5.41) is 0.621. The molecule has 2 aromatic carbocycles. The zero-order valence-corrected chi connectivity index (χ0v) is 16.0. The molecule has 0 saturated heterocycles. The van der Waals surface area contributed by atoms with Crippen molar-refractivity contribution in [1.29, 1.82) is 0 Å². The summed E-state index contributed by atoms with van der Waals surface area (Å²) in [6.07, 6.45) is -0.0440. The van der Waals surface area contributed by atoms with Gasteiger partial charge in [0, 0.05) is 25.2 Å². The average molecular weight is 403 g/mol. The monoisotopic (exact) mass is 402 g/mol. The number of amides is 1. The maximum atomic E-state index is 12.1. The molecule has 0 saturated carbocycles. The molecule has 0 bridgehead atoms. The first-order valence-electron chi connectivity index (χ1n) is 8.66. The highest BCUT2D eigenvalue weighted by Crippen LogP contribution is 2.13. The Morgan fingerprint density at radius 1 is 1.14 bits per heavy atom. The van der Waals surface area contributed by atoms with E-state index in [9.17, 15) is 14.4 Å². The number of rotatable bonds is 7. The molecule has 1 amide bonds. The van der Waals surface area contributed by atoms with Gasteiger partial charge in [0.15, 0.2) is 12.2 Å². The van der Waals surface area contributed by atoms with Gasteiger partial charge in [0.2, 0.25) is 0 Å². The fourth-order valence-electron chi connectivity index (χ4n) is 2.71. The lowest BCUT2D eigenvalue weighted by Crippen LogP contribution is -2.31. The molecule has 0 unspecified atom stereocenters. The number of aryl methyl sites for hydroxylation is 1. The normalized spacial score (nSPS) is 10.8. The molecular weight excluding hydrogens is 384 g/mol. The Morgan fingerprint density at radius 2 is 1.86 bits per heavy atom. The topological polar surface area (TPSA) is 81.8 Å². The van der Waals surface area contributed by atoms with Crippen LogP contribution < -0.4 is 5.76 Å². The second-order valence-electron chi connectivity index (χ2n) is 6.27. The van der Waals surface area contributed by atoms with Crippen molar-refractivity contribution in [2.75, 3.05) is 13.7 Å². The Bertz CT molecular complexity index is 1040. The highest BCUT2D eigenvalue weighted by molar-refractivity contribution is 6.30. The van der Waals surface area contributed by atoms with Crippen LogP contribution >= 0.6 is 11.6 Å². The van der Waals surface area contributed by atoms with Crippen molar-refractivity contribution >= 4 is 34.6 Å². The maximum absolute atomic E-state index is 12.1. The number of hydrogen-bond donors (Lipinski definition) is 0. The van der Waals surface area contributed by atoms with Crippen molar-refractivity contribution in [3.8, 4) is 0 Å². The lowest BCUT2D eigenvalue weighted by atomic mass is 10.2. The highest BCUT2D eigenvalue weighted by Gasteiger charge is 2.14. The van der Waals surface area contributed by atoms with Gasteiger partial charge >= 0.3 is 11.7 Å². The Balaban J connectivity index is 1.48. The molecule has 0 spiro atoms. The standard InChI is InChI=1S/C20H19ClN2O5/c1-22(12-14-6-8-15(21)9-7-14)18(24)13-27-19(25)10-11-23-16-4-2-3-5-17(16)28-20(23)26/h2-9H,10-13H2,1H3. The summed E-state index contributed by atoms with van der Waals surface area (Å²) in [7, 11) is 1.63. The van der Waals surface area contributed by atoms with Crippen molar-refractivity contribution in [1.82, 2.24) is 9.47 Å². The van der Waals surface area contributed by atoms with Crippen LogP contribution in [-0.2, 0) is 27.4 Å². The summed E-state index contributed by atoms with van der Waals surface area (Å²) < 4.78 is 11.5. The number of halogens is 1. The van der Waals surface area contributed by atoms with Gasteiger partial charge in [-0.1, -0.05) is 35.9 Å². The van der Waals surface area contributed by atoms with Crippen LogP contribution in [0.1, 0.15) is 12.0 Å². The Hall–Kier alpha value is -3.06. The summed E-state index contributed by atoms with van der Waals surface area (Å²) in [5.74, 6) is -1.42. The SMILES string of the molecule is CN(Cc1ccc(Cl)cc1)C(=O)COC(=O)CCn1c(=O)oc2ccccc21. The van der Waals surface area contributed by atoms with E-state index in [1.54, 1.807) is 43.4 Å². The van der Waals surface area contributed by atoms with Crippen LogP contribution in [0.2, 0.25) is 5.02 Å². The van der Waals surface area contributed by atoms with Crippen molar-refractivity contribution in [3.05, 3.63) is 69.7 Å². The molecule has 28 heavy (non-hydrogen) atoms. The van der Waals surface area contributed by atoms with Crippen LogP contribution in [0.15, 0.2) is 57.7 Å². The van der Waals surface area contributed by atoms with Gasteiger partial charge in [0.25, 0.3) is 5.91 Å². The number of benzene rings is 2. The molecule has 0 N–H and O–H groups in total. The van der Waals surface area contributed by atoms with E-state index in [4.69, 9.17) is 20.8 Å². The fourth-order valence-corrected chi connectivity index (χ4v) is 2.83. The molecule has 8 heteroatoms. The van der Waals surface area contributed by atoms with E-state index in [2.05, 4.69) is 0 Å². The first-order valence-corrected chi connectivity index (χ1v) is 9.04. The largest absolute Gasteiger partial charge is 0.456 e. The molecule has 0 aliphatic heterocycles. The predicted molar refractivity (Wildman–Crippen MR) is 104 cm³/mol. The second kappa shape index (κ2) is 8.75. The third-order valence-electron chi connectivity index (χ3n) is 4.23. The average Bonchev–Trinajstić information content (AvgIpc) is 3.01. The predicted octanol–water partition coefficient (Wildman–Crippen LogP) is 2.84. The fraction of sp³-hybridized carbons (Fsp3) is 0.250. The van der Waals surface area contributed by atoms with Gasteiger partial charge in [-0.3, -0.25) is 14.2 Å². The summed E-state index contributed by atoms with van der Waals surface area (Å²) in [4.78, 5) is 37.4. The molecular formula is C20H19ClN2O5. The number of carbonyl (C=O) groups is 2. The summed E-state index contributed by atoms with van der Waals surface area (Å²) in [6, 6.07) is 14.1. The molecule has 3 aromatic rings. The van der Waals surface area contributed by atoms with Crippen LogP contribution in [0.3, 0.4) is 0 Å². The maximum Gasteiger partial charge on any atom is 0.419 e. The Kier molecular flexibility index (Phi) is 6.16. The molecule has 1 heterocycles. The van der Waals surface area contributed by atoms with Gasteiger partial charge in [-0.05, 0) is 29.8 Å². The highest BCUT2D eigenvalue weighted by atomic mass is 35.5. The first-order chi connectivity index (χ1) is 13.4. The Labute approximate surface area is 166 Å². The molecule has 146 valence electrons. The minimum absolute atomic E-state index is 0.0440. The number of oxazole rings is 1. The summed E-state index contributed by atoms with van der Waals surface area (Å²) in [5.41, 5.74) is 1.98. The van der Waals surface area contributed by atoms with Gasteiger partial charge in [0.1, 0.15) is 0 Å². The molecule has 0 aliphatic rings. The summed E-state index contributed by atoms with van der Waals surface area (Å²) in [6.45, 7) is 0.136. The minimum atomic E-state index is -0.564. The number of fused-ring (bicyclic) bond motifs is 1. The Morgan fingerprint density at radius 3 is 2.61 bits per heavy atom. The van der Waals surface area contributed by atoms with Crippen LogP contribution in [0.4, 0.5) is 0 Å². The van der Waals surface area contributed by atoms with Crippen molar-refractivity contribution in [2.45, 2.75) is 19.5 Å². The minimum Gasteiger partial charge on any atom is -0.456 e. The zero-order chi connectivity index (χ0) is 20.1.